The van der Waals surface area contributed by atoms with Gasteiger partial charge < -0.3 is 19.9 Å². The molecule has 0 saturated heterocycles. The summed E-state index contributed by atoms with van der Waals surface area (Å²) in [4.78, 5) is 0. The Morgan fingerprint density at radius 2 is 1.61 bits per heavy atom. The molecule has 0 atom stereocenters. The Balaban J connectivity index is 1.84. The molecule has 124 valence electrons. The highest BCUT2D eigenvalue weighted by Crippen LogP contribution is 2.22. The molecule has 2 rings (SSSR count). The lowest BCUT2D eigenvalue weighted by atomic mass is 10.1. The average Bonchev–Trinajstić information content (AvgIpc) is 2.55. The van der Waals surface area contributed by atoms with Crippen LogP contribution in [-0.4, -0.2) is 31.5 Å². The van der Waals surface area contributed by atoms with Crippen molar-refractivity contribution in [1.29, 1.82) is 0 Å². The zero-order valence-corrected chi connectivity index (χ0v) is 13.8. The first kappa shape index (κ1) is 17.3. The second-order valence-corrected chi connectivity index (χ2v) is 5.43. The molecule has 4 nitrogen and oxygen atoms in total. The standard InChI is InChI=1S/C19H25NO3/c1-15-6-5-7-16(2)19(15)23-13-12-22-18-9-4-3-8-17(18)14-20-10-11-21/h3-9,20-21H,10-14H2,1-2H3. The third-order valence-electron chi connectivity index (χ3n) is 3.57. The summed E-state index contributed by atoms with van der Waals surface area (Å²) in [5, 5.41) is 12.0. The van der Waals surface area contributed by atoms with E-state index in [4.69, 9.17) is 14.6 Å². The van der Waals surface area contributed by atoms with E-state index in [1.807, 2.05) is 56.3 Å². The first-order valence-electron chi connectivity index (χ1n) is 7.93. The van der Waals surface area contributed by atoms with Gasteiger partial charge in [-0.1, -0.05) is 36.4 Å². The minimum absolute atomic E-state index is 0.132. The summed E-state index contributed by atoms with van der Waals surface area (Å²) < 4.78 is 11.7. The minimum Gasteiger partial charge on any atom is -0.490 e. The van der Waals surface area contributed by atoms with Crippen molar-refractivity contribution in [3.63, 3.8) is 0 Å². The fourth-order valence-corrected chi connectivity index (χ4v) is 2.41. The Morgan fingerprint density at radius 3 is 2.35 bits per heavy atom. The van der Waals surface area contributed by atoms with Gasteiger partial charge in [0.15, 0.2) is 0 Å². The lowest BCUT2D eigenvalue weighted by Gasteiger charge is -2.14. The van der Waals surface area contributed by atoms with Gasteiger partial charge >= 0.3 is 0 Å². The predicted octanol–water partition coefficient (Wildman–Crippen LogP) is 2.84. The Bertz CT molecular complexity index is 593. The highest BCUT2D eigenvalue weighted by Gasteiger charge is 2.05. The third-order valence-corrected chi connectivity index (χ3v) is 3.57. The molecule has 4 heteroatoms. The molecule has 0 bridgehead atoms. The summed E-state index contributed by atoms with van der Waals surface area (Å²) in [6.07, 6.45) is 0. The molecule has 0 radical (unpaired) electrons. The quantitative estimate of drug-likeness (QED) is 0.699. The van der Waals surface area contributed by atoms with Crippen LogP contribution in [0.15, 0.2) is 42.5 Å². The van der Waals surface area contributed by atoms with Crippen molar-refractivity contribution in [3.8, 4) is 11.5 Å². The first-order chi connectivity index (χ1) is 11.2. The average molecular weight is 315 g/mol. The molecular weight excluding hydrogens is 290 g/mol. The van der Waals surface area contributed by atoms with Crippen LogP contribution in [0.3, 0.4) is 0 Å². The van der Waals surface area contributed by atoms with E-state index in [1.165, 1.54) is 0 Å². The van der Waals surface area contributed by atoms with Gasteiger partial charge in [-0.05, 0) is 31.0 Å². The molecule has 0 saturated carbocycles. The number of nitrogens with one attached hydrogen (secondary N) is 1. The molecule has 0 fully saturated rings. The Labute approximate surface area is 138 Å². The smallest absolute Gasteiger partial charge is 0.125 e. The molecule has 0 aliphatic carbocycles. The van der Waals surface area contributed by atoms with E-state index in [1.54, 1.807) is 0 Å². The number of benzene rings is 2. The van der Waals surface area contributed by atoms with Crippen LogP contribution < -0.4 is 14.8 Å². The lowest BCUT2D eigenvalue weighted by Crippen LogP contribution is -2.18. The summed E-state index contributed by atoms with van der Waals surface area (Å²) in [7, 11) is 0. The van der Waals surface area contributed by atoms with Crippen LogP contribution in [0.25, 0.3) is 0 Å². The summed E-state index contributed by atoms with van der Waals surface area (Å²) in [5.41, 5.74) is 3.35. The van der Waals surface area contributed by atoms with Crippen molar-refractivity contribution >= 4 is 0 Å². The van der Waals surface area contributed by atoms with Crippen molar-refractivity contribution in [1.82, 2.24) is 5.32 Å². The van der Waals surface area contributed by atoms with Crippen LogP contribution in [0.1, 0.15) is 16.7 Å². The van der Waals surface area contributed by atoms with Gasteiger partial charge in [-0.3, -0.25) is 0 Å². The largest absolute Gasteiger partial charge is 0.490 e. The molecule has 23 heavy (non-hydrogen) atoms. The maximum absolute atomic E-state index is 8.83. The fraction of sp³-hybridized carbons (Fsp3) is 0.368. The van der Waals surface area contributed by atoms with E-state index in [2.05, 4.69) is 5.32 Å². The summed E-state index contributed by atoms with van der Waals surface area (Å²) >= 11 is 0. The van der Waals surface area contributed by atoms with Crippen molar-refractivity contribution in [2.75, 3.05) is 26.4 Å². The SMILES string of the molecule is Cc1cccc(C)c1OCCOc1ccccc1CNCCO. The highest BCUT2D eigenvalue weighted by molar-refractivity contribution is 5.39. The van der Waals surface area contributed by atoms with Crippen molar-refractivity contribution in [2.45, 2.75) is 20.4 Å². The molecule has 0 unspecified atom stereocenters. The number of hydrogen-bond acceptors (Lipinski definition) is 4. The van der Waals surface area contributed by atoms with Gasteiger partial charge in [-0.25, -0.2) is 0 Å². The molecule has 0 spiro atoms. The number of aliphatic hydroxyl groups excluding tert-OH is 1. The van der Waals surface area contributed by atoms with E-state index in [9.17, 15) is 0 Å². The minimum atomic E-state index is 0.132. The Morgan fingerprint density at radius 1 is 0.913 bits per heavy atom. The molecular formula is C19H25NO3. The lowest BCUT2D eigenvalue weighted by molar-refractivity contribution is 0.214. The van der Waals surface area contributed by atoms with Gasteiger partial charge in [0.2, 0.25) is 0 Å². The summed E-state index contributed by atoms with van der Waals surface area (Å²) in [5.74, 6) is 1.79. The van der Waals surface area contributed by atoms with Crippen molar-refractivity contribution in [2.24, 2.45) is 0 Å². The van der Waals surface area contributed by atoms with E-state index >= 15 is 0 Å². The van der Waals surface area contributed by atoms with Crippen molar-refractivity contribution in [3.05, 3.63) is 59.2 Å². The number of ether oxygens (including phenoxy) is 2. The van der Waals surface area contributed by atoms with E-state index in [0.29, 0.717) is 26.3 Å². The first-order valence-corrected chi connectivity index (χ1v) is 7.93. The second kappa shape index (κ2) is 9.18. The zero-order valence-electron chi connectivity index (χ0n) is 13.8. The predicted molar refractivity (Wildman–Crippen MR) is 92.1 cm³/mol. The highest BCUT2D eigenvalue weighted by atomic mass is 16.5. The maximum Gasteiger partial charge on any atom is 0.125 e. The second-order valence-electron chi connectivity index (χ2n) is 5.43. The fourth-order valence-electron chi connectivity index (χ4n) is 2.41. The molecule has 0 aromatic heterocycles. The normalized spacial score (nSPS) is 10.6. The Hall–Kier alpha value is -2.04. The molecule has 2 aromatic rings. The summed E-state index contributed by atoms with van der Waals surface area (Å²) in [6.45, 7) is 6.47. The third kappa shape index (κ3) is 5.27. The van der Waals surface area contributed by atoms with Gasteiger partial charge in [0, 0.05) is 18.7 Å². The Kier molecular flexibility index (Phi) is 6.91. The van der Waals surface area contributed by atoms with Crippen LogP contribution in [0.5, 0.6) is 11.5 Å². The van der Waals surface area contributed by atoms with Crippen molar-refractivity contribution < 1.29 is 14.6 Å². The van der Waals surface area contributed by atoms with Crippen LogP contribution in [0, 0.1) is 13.8 Å². The van der Waals surface area contributed by atoms with Crippen LogP contribution in [0.2, 0.25) is 0 Å². The van der Waals surface area contributed by atoms with E-state index < -0.39 is 0 Å². The van der Waals surface area contributed by atoms with Gasteiger partial charge in [-0.15, -0.1) is 0 Å². The van der Waals surface area contributed by atoms with E-state index in [0.717, 1.165) is 28.2 Å². The molecule has 2 N–H and O–H groups in total. The number of aryl methyl sites for hydroxylation is 2. The van der Waals surface area contributed by atoms with Gasteiger partial charge in [-0.2, -0.15) is 0 Å². The van der Waals surface area contributed by atoms with Gasteiger partial charge in [0.25, 0.3) is 0 Å². The van der Waals surface area contributed by atoms with Crippen LogP contribution >= 0.6 is 0 Å². The van der Waals surface area contributed by atoms with Gasteiger partial charge in [0.1, 0.15) is 24.7 Å². The molecule has 0 amide bonds. The number of para-hydroxylation sites is 2. The summed E-state index contributed by atoms with van der Waals surface area (Å²) in [6, 6.07) is 14.0. The molecule has 0 heterocycles. The number of rotatable bonds is 9. The van der Waals surface area contributed by atoms with Gasteiger partial charge in [0.05, 0.1) is 6.61 Å². The number of aliphatic hydroxyl groups is 1. The monoisotopic (exact) mass is 315 g/mol. The molecule has 0 aliphatic heterocycles. The number of hydrogen-bond donors (Lipinski definition) is 2. The van der Waals surface area contributed by atoms with Crippen LogP contribution in [-0.2, 0) is 6.54 Å². The molecule has 0 aliphatic rings. The van der Waals surface area contributed by atoms with Crippen LogP contribution in [0.4, 0.5) is 0 Å². The van der Waals surface area contributed by atoms with E-state index in [-0.39, 0.29) is 6.61 Å². The molecule has 2 aromatic carbocycles. The topological polar surface area (TPSA) is 50.7 Å². The maximum atomic E-state index is 8.83. The zero-order chi connectivity index (χ0) is 16.5.